The third kappa shape index (κ3) is 3.71. The number of sulfonamides is 1. The first-order valence-electron chi connectivity index (χ1n) is 8.12. The normalized spacial score (nSPS) is 17.8. The number of nitrogens with zero attached hydrogens (tertiary/aromatic N) is 1. The molecule has 2 heterocycles. The van der Waals surface area contributed by atoms with E-state index in [0.717, 1.165) is 16.4 Å². The molecule has 0 radical (unpaired) electrons. The van der Waals surface area contributed by atoms with Gasteiger partial charge in [0.1, 0.15) is 11.9 Å². The van der Waals surface area contributed by atoms with Gasteiger partial charge in [0.25, 0.3) is 10.0 Å². The fourth-order valence-electron chi connectivity index (χ4n) is 2.93. The number of aromatic carboxylic acids is 1. The molecule has 1 aromatic carbocycles. The van der Waals surface area contributed by atoms with Gasteiger partial charge in [-0.15, -0.1) is 0 Å². The Morgan fingerprint density at radius 1 is 1.30 bits per heavy atom. The molecule has 27 heavy (non-hydrogen) atoms. The Balaban J connectivity index is 1.82. The maximum Gasteiger partial charge on any atom is 0.371 e. The van der Waals surface area contributed by atoms with E-state index in [9.17, 15) is 22.4 Å². The van der Waals surface area contributed by atoms with Crippen LogP contribution in [0.3, 0.4) is 0 Å². The second-order valence-corrected chi connectivity index (χ2v) is 7.97. The number of carboxylic acids is 1. The van der Waals surface area contributed by atoms with Gasteiger partial charge in [0.15, 0.2) is 0 Å². The quantitative estimate of drug-likeness (QED) is 0.800. The smallest absolute Gasteiger partial charge is 0.371 e. The number of furan rings is 1. The zero-order valence-corrected chi connectivity index (χ0v) is 15.1. The fraction of sp³-hybridized carbons (Fsp3) is 0.294. The van der Waals surface area contributed by atoms with Gasteiger partial charge in [-0.1, -0.05) is 0 Å². The predicted molar refractivity (Wildman–Crippen MR) is 92.3 cm³/mol. The Bertz CT molecular complexity index is 1000. The molecule has 1 fully saturated rings. The number of halogens is 1. The molecule has 1 aliphatic rings. The monoisotopic (exact) mass is 396 g/mol. The Morgan fingerprint density at radius 3 is 2.67 bits per heavy atom. The molecule has 3 rings (SSSR count). The van der Waals surface area contributed by atoms with Crippen molar-refractivity contribution >= 4 is 27.6 Å². The minimum Gasteiger partial charge on any atom is -0.475 e. The van der Waals surface area contributed by atoms with E-state index in [1.165, 1.54) is 18.2 Å². The molecule has 1 unspecified atom stereocenters. The molecule has 0 saturated carbocycles. The molecule has 144 valence electrons. The van der Waals surface area contributed by atoms with Crippen molar-refractivity contribution in [1.29, 1.82) is 0 Å². The summed E-state index contributed by atoms with van der Waals surface area (Å²) in [6.45, 7) is 1.65. The summed E-state index contributed by atoms with van der Waals surface area (Å²) in [5, 5.41) is 10.9. The van der Waals surface area contributed by atoms with E-state index in [0.29, 0.717) is 24.1 Å². The second kappa shape index (κ2) is 7.12. The molecule has 1 saturated heterocycles. The van der Waals surface area contributed by atoms with Gasteiger partial charge in [0.05, 0.1) is 0 Å². The standard InChI is InChI=1S/C17H17FN2O6S/c1-10-9-11(4-5-12(10)18)19-16(21)13-3-2-8-20(13)27(24,25)15-7-6-14(26-15)17(22)23/h4-7,9,13H,2-3,8H2,1H3,(H,19,21)(H,22,23). The number of aryl methyl sites for hydroxylation is 1. The lowest BCUT2D eigenvalue weighted by Crippen LogP contribution is -2.43. The van der Waals surface area contributed by atoms with E-state index in [1.54, 1.807) is 6.92 Å². The number of hydrogen-bond donors (Lipinski definition) is 2. The van der Waals surface area contributed by atoms with Gasteiger partial charge in [-0.3, -0.25) is 4.79 Å². The summed E-state index contributed by atoms with van der Waals surface area (Å²) < 4.78 is 44.7. The van der Waals surface area contributed by atoms with Crippen LogP contribution in [-0.2, 0) is 14.8 Å². The average molecular weight is 396 g/mol. The summed E-state index contributed by atoms with van der Waals surface area (Å²) in [4.78, 5) is 23.5. The lowest BCUT2D eigenvalue weighted by molar-refractivity contribution is -0.119. The maximum atomic E-state index is 13.3. The number of anilines is 1. The minimum absolute atomic E-state index is 0.103. The first-order valence-corrected chi connectivity index (χ1v) is 9.56. The summed E-state index contributed by atoms with van der Waals surface area (Å²) in [5.74, 6) is -2.85. The topological polar surface area (TPSA) is 117 Å². The van der Waals surface area contributed by atoms with E-state index >= 15 is 0 Å². The third-order valence-corrected chi connectivity index (χ3v) is 6.07. The van der Waals surface area contributed by atoms with Crippen LogP contribution in [0.1, 0.15) is 29.0 Å². The molecular formula is C17H17FN2O6S. The van der Waals surface area contributed by atoms with E-state index in [4.69, 9.17) is 9.52 Å². The molecule has 8 nitrogen and oxygen atoms in total. The zero-order chi connectivity index (χ0) is 19.8. The zero-order valence-electron chi connectivity index (χ0n) is 14.3. The molecule has 0 bridgehead atoms. The molecular weight excluding hydrogens is 379 g/mol. The molecule has 0 spiro atoms. The number of carbonyl (C=O) groups excluding carboxylic acids is 1. The van der Waals surface area contributed by atoms with Crippen LogP contribution in [0.25, 0.3) is 0 Å². The van der Waals surface area contributed by atoms with Gasteiger partial charge in [-0.25, -0.2) is 17.6 Å². The van der Waals surface area contributed by atoms with Gasteiger partial charge in [0.2, 0.25) is 16.8 Å². The van der Waals surface area contributed by atoms with Gasteiger partial charge in [0, 0.05) is 12.2 Å². The number of carbonyl (C=O) groups is 2. The number of hydrogen-bond acceptors (Lipinski definition) is 5. The van der Waals surface area contributed by atoms with E-state index in [-0.39, 0.29) is 6.54 Å². The highest BCUT2D eigenvalue weighted by Gasteiger charge is 2.41. The van der Waals surface area contributed by atoms with Crippen molar-refractivity contribution in [1.82, 2.24) is 4.31 Å². The highest BCUT2D eigenvalue weighted by molar-refractivity contribution is 7.89. The van der Waals surface area contributed by atoms with Crippen LogP contribution in [0, 0.1) is 12.7 Å². The second-order valence-electron chi connectivity index (χ2n) is 6.15. The summed E-state index contributed by atoms with van der Waals surface area (Å²) in [6, 6.07) is 5.17. The van der Waals surface area contributed by atoms with Gasteiger partial charge >= 0.3 is 5.97 Å². The van der Waals surface area contributed by atoms with Gasteiger partial charge < -0.3 is 14.8 Å². The van der Waals surface area contributed by atoms with Crippen molar-refractivity contribution in [3.8, 4) is 0 Å². The number of benzene rings is 1. The molecule has 2 aromatic rings. The Labute approximate surface area is 154 Å². The Morgan fingerprint density at radius 2 is 2.04 bits per heavy atom. The lowest BCUT2D eigenvalue weighted by Gasteiger charge is -2.22. The van der Waals surface area contributed by atoms with Crippen LogP contribution in [0.4, 0.5) is 10.1 Å². The molecule has 1 aromatic heterocycles. The molecule has 1 amide bonds. The van der Waals surface area contributed by atoms with Crippen molar-refractivity contribution in [2.75, 3.05) is 11.9 Å². The molecule has 1 aliphatic heterocycles. The van der Waals surface area contributed by atoms with Crippen molar-refractivity contribution in [3.63, 3.8) is 0 Å². The first kappa shape index (κ1) is 19.1. The molecule has 10 heteroatoms. The lowest BCUT2D eigenvalue weighted by atomic mass is 10.2. The first-order chi connectivity index (χ1) is 12.7. The van der Waals surface area contributed by atoms with E-state index in [2.05, 4.69) is 5.32 Å². The number of amides is 1. The summed E-state index contributed by atoms with van der Waals surface area (Å²) in [7, 11) is -4.17. The van der Waals surface area contributed by atoms with Crippen LogP contribution >= 0.6 is 0 Å². The number of nitrogens with one attached hydrogen (secondary N) is 1. The SMILES string of the molecule is Cc1cc(NC(=O)C2CCCN2S(=O)(=O)c2ccc(C(=O)O)o2)ccc1F. The van der Waals surface area contributed by atoms with Crippen molar-refractivity contribution < 1.29 is 31.9 Å². The number of carboxylic acid groups (broad SMARTS) is 1. The van der Waals surface area contributed by atoms with E-state index < -0.39 is 44.6 Å². The fourth-order valence-corrected chi connectivity index (χ4v) is 4.50. The Hall–Kier alpha value is -2.72. The molecule has 0 aliphatic carbocycles. The predicted octanol–water partition coefficient (Wildman–Crippen LogP) is 2.22. The van der Waals surface area contributed by atoms with Crippen LogP contribution in [0.5, 0.6) is 0 Å². The van der Waals surface area contributed by atoms with Crippen LogP contribution < -0.4 is 5.32 Å². The van der Waals surface area contributed by atoms with Crippen LogP contribution in [0.2, 0.25) is 0 Å². The molecule has 2 N–H and O–H groups in total. The van der Waals surface area contributed by atoms with E-state index in [1.807, 2.05) is 0 Å². The van der Waals surface area contributed by atoms with Gasteiger partial charge in [-0.2, -0.15) is 4.31 Å². The summed E-state index contributed by atoms with van der Waals surface area (Å²) in [6.07, 6.45) is 0.768. The minimum atomic E-state index is -4.17. The maximum absolute atomic E-state index is 13.3. The van der Waals surface area contributed by atoms with Crippen LogP contribution in [0.15, 0.2) is 39.8 Å². The summed E-state index contributed by atoms with van der Waals surface area (Å²) in [5.41, 5.74) is 0.704. The summed E-state index contributed by atoms with van der Waals surface area (Å²) >= 11 is 0. The van der Waals surface area contributed by atoms with Crippen molar-refractivity contribution in [2.24, 2.45) is 0 Å². The van der Waals surface area contributed by atoms with Crippen molar-refractivity contribution in [3.05, 3.63) is 47.5 Å². The van der Waals surface area contributed by atoms with Gasteiger partial charge in [-0.05, 0) is 55.7 Å². The molecule has 1 atom stereocenters. The highest BCUT2D eigenvalue weighted by atomic mass is 32.2. The highest BCUT2D eigenvalue weighted by Crippen LogP contribution is 2.28. The largest absolute Gasteiger partial charge is 0.475 e. The number of rotatable bonds is 5. The average Bonchev–Trinajstić information content (AvgIpc) is 3.27. The third-order valence-electron chi connectivity index (χ3n) is 4.29. The van der Waals surface area contributed by atoms with Crippen LogP contribution in [-0.4, -0.2) is 42.3 Å². The Kier molecular flexibility index (Phi) is 5.03. The van der Waals surface area contributed by atoms with Crippen molar-refractivity contribution in [2.45, 2.75) is 30.9 Å².